The maximum atomic E-state index is 13.7. The topological polar surface area (TPSA) is 75.7 Å². The lowest BCUT2D eigenvalue weighted by atomic mass is 9.98. The smallest absolute Gasteiger partial charge is 0.243 e. The lowest BCUT2D eigenvalue weighted by Crippen LogP contribution is -2.43. The summed E-state index contributed by atoms with van der Waals surface area (Å²) >= 11 is 0. The van der Waals surface area contributed by atoms with Crippen molar-refractivity contribution in [2.45, 2.75) is 17.7 Å². The molecule has 6 nitrogen and oxygen atoms in total. The van der Waals surface area contributed by atoms with Crippen LogP contribution in [0.4, 0.5) is 10.1 Å². The molecule has 1 saturated heterocycles. The molecule has 2 aromatic carbocycles. The van der Waals surface area contributed by atoms with E-state index in [0.29, 0.717) is 25.1 Å². The van der Waals surface area contributed by atoms with Crippen LogP contribution in [0, 0.1) is 11.7 Å². The fraction of sp³-hybridized carbons (Fsp3) is 0.316. The number of halogens is 1. The summed E-state index contributed by atoms with van der Waals surface area (Å²) in [6.45, 7) is 0.409. The van der Waals surface area contributed by atoms with E-state index in [2.05, 4.69) is 5.32 Å². The van der Waals surface area contributed by atoms with Crippen molar-refractivity contribution in [3.63, 3.8) is 0 Å². The highest BCUT2D eigenvalue weighted by molar-refractivity contribution is 7.89. The Morgan fingerprint density at radius 3 is 2.56 bits per heavy atom. The van der Waals surface area contributed by atoms with Gasteiger partial charge in [0.05, 0.1) is 23.6 Å². The quantitative estimate of drug-likeness (QED) is 0.849. The molecule has 3 rings (SSSR count). The van der Waals surface area contributed by atoms with Crippen LogP contribution >= 0.6 is 0 Å². The minimum absolute atomic E-state index is 0.0641. The van der Waals surface area contributed by atoms with E-state index in [-0.39, 0.29) is 23.0 Å². The van der Waals surface area contributed by atoms with E-state index < -0.39 is 21.8 Å². The number of hydrogen-bond acceptors (Lipinski definition) is 4. The van der Waals surface area contributed by atoms with E-state index >= 15 is 0 Å². The Hall–Kier alpha value is -2.45. The van der Waals surface area contributed by atoms with E-state index in [1.807, 2.05) is 0 Å². The molecule has 0 saturated carbocycles. The third kappa shape index (κ3) is 4.28. The zero-order chi connectivity index (χ0) is 19.4. The van der Waals surface area contributed by atoms with Crippen molar-refractivity contribution in [3.8, 4) is 5.75 Å². The highest BCUT2D eigenvalue weighted by atomic mass is 32.2. The van der Waals surface area contributed by atoms with E-state index in [4.69, 9.17) is 4.74 Å². The van der Waals surface area contributed by atoms with E-state index in [1.54, 1.807) is 18.2 Å². The number of sulfonamides is 1. The Labute approximate surface area is 158 Å². The molecule has 27 heavy (non-hydrogen) atoms. The molecule has 1 aliphatic rings. The molecular formula is C19H21FN2O4S. The maximum Gasteiger partial charge on any atom is 0.243 e. The summed E-state index contributed by atoms with van der Waals surface area (Å²) < 4.78 is 45.8. The molecule has 1 aliphatic heterocycles. The van der Waals surface area contributed by atoms with Crippen LogP contribution in [0.3, 0.4) is 0 Å². The van der Waals surface area contributed by atoms with Gasteiger partial charge in [0.15, 0.2) is 0 Å². The van der Waals surface area contributed by atoms with Gasteiger partial charge in [0, 0.05) is 13.1 Å². The van der Waals surface area contributed by atoms with Gasteiger partial charge in [-0.15, -0.1) is 0 Å². The standard InChI is InChI=1S/C19H21FN2O4S/c1-26-15-8-10-16(11-9-15)27(24,25)22-12-4-5-14(13-22)19(23)21-18-7-3-2-6-17(18)20/h2-3,6-11,14H,4-5,12-13H2,1H3,(H,21,23). The van der Waals surface area contributed by atoms with Crippen LogP contribution in [0.5, 0.6) is 5.75 Å². The average molecular weight is 392 g/mol. The van der Waals surface area contributed by atoms with Crippen molar-refractivity contribution >= 4 is 21.6 Å². The van der Waals surface area contributed by atoms with Crippen molar-refractivity contribution in [1.82, 2.24) is 4.31 Å². The molecule has 0 bridgehead atoms. The molecule has 0 aromatic heterocycles. The first-order chi connectivity index (χ1) is 12.9. The summed E-state index contributed by atoms with van der Waals surface area (Å²) in [6.07, 6.45) is 1.11. The normalized spacial score (nSPS) is 18.1. The Kier molecular flexibility index (Phi) is 5.76. The Bertz CT molecular complexity index is 916. The molecule has 1 amide bonds. The first-order valence-corrected chi connectivity index (χ1v) is 10.1. The first-order valence-electron chi connectivity index (χ1n) is 8.61. The van der Waals surface area contributed by atoms with Gasteiger partial charge < -0.3 is 10.1 Å². The van der Waals surface area contributed by atoms with Gasteiger partial charge >= 0.3 is 0 Å². The number of carbonyl (C=O) groups is 1. The third-order valence-electron chi connectivity index (χ3n) is 4.58. The lowest BCUT2D eigenvalue weighted by Gasteiger charge is -2.31. The zero-order valence-corrected chi connectivity index (χ0v) is 15.7. The van der Waals surface area contributed by atoms with Crippen molar-refractivity contribution in [2.24, 2.45) is 5.92 Å². The van der Waals surface area contributed by atoms with Crippen LogP contribution in [0.15, 0.2) is 53.4 Å². The second-order valence-electron chi connectivity index (χ2n) is 6.35. The number of anilines is 1. The second-order valence-corrected chi connectivity index (χ2v) is 8.28. The van der Waals surface area contributed by atoms with Gasteiger partial charge in [-0.25, -0.2) is 12.8 Å². The number of methoxy groups -OCH3 is 1. The first kappa shape index (κ1) is 19.3. The highest BCUT2D eigenvalue weighted by Crippen LogP contribution is 2.26. The monoisotopic (exact) mass is 392 g/mol. The number of rotatable bonds is 5. The third-order valence-corrected chi connectivity index (χ3v) is 6.46. The molecule has 1 heterocycles. The number of benzene rings is 2. The highest BCUT2D eigenvalue weighted by Gasteiger charge is 2.33. The predicted molar refractivity (Wildman–Crippen MR) is 99.5 cm³/mol. The molecule has 8 heteroatoms. The molecule has 1 fully saturated rings. The molecule has 0 radical (unpaired) electrons. The zero-order valence-electron chi connectivity index (χ0n) is 14.9. The van der Waals surface area contributed by atoms with Crippen LogP contribution in [0.25, 0.3) is 0 Å². The largest absolute Gasteiger partial charge is 0.497 e. The van der Waals surface area contributed by atoms with Crippen LogP contribution in [-0.2, 0) is 14.8 Å². The van der Waals surface area contributed by atoms with Crippen LogP contribution in [-0.4, -0.2) is 38.8 Å². The summed E-state index contributed by atoms with van der Waals surface area (Å²) in [5.74, 6) is -0.875. The molecule has 0 spiro atoms. The molecule has 2 aromatic rings. The SMILES string of the molecule is COc1ccc(S(=O)(=O)N2CCCC(C(=O)Nc3ccccc3F)C2)cc1. The average Bonchev–Trinajstić information content (AvgIpc) is 2.70. The van der Waals surface area contributed by atoms with Crippen LogP contribution in [0.1, 0.15) is 12.8 Å². The Morgan fingerprint density at radius 2 is 1.89 bits per heavy atom. The minimum Gasteiger partial charge on any atom is -0.497 e. The van der Waals surface area contributed by atoms with Gasteiger partial charge in [0.1, 0.15) is 11.6 Å². The fourth-order valence-corrected chi connectivity index (χ4v) is 4.59. The molecule has 1 atom stereocenters. The number of carbonyl (C=O) groups excluding carboxylic acids is 1. The van der Waals surface area contributed by atoms with Crippen molar-refractivity contribution < 1.29 is 22.3 Å². The van der Waals surface area contributed by atoms with Crippen molar-refractivity contribution in [3.05, 3.63) is 54.3 Å². The summed E-state index contributed by atoms with van der Waals surface area (Å²) in [5.41, 5.74) is 0.0950. The fourth-order valence-electron chi connectivity index (χ4n) is 3.07. The van der Waals surface area contributed by atoms with Gasteiger partial charge in [-0.3, -0.25) is 4.79 Å². The Morgan fingerprint density at radius 1 is 1.19 bits per heavy atom. The van der Waals surface area contributed by atoms with Gasteiger partial charge in [-0.1, -0.05) is 12.1 Å². The molecule has 1 N–H and O–H groups in total. The van der Waals surface area contributed by atoms with Crippen molar-refractivity contribution in [1.29, 1.82) is 0 Å². The van der Waals surface area contributed by atoms with Gasteiger partial charge in [-0.05, 0) is 49.2 Å². The van der Waals surface area contributed by atoms with E-state index in [1.165, 1.54) is 41.7 Å². The van der Waals surface area contributed by atoms with Gasteiger partial charge in [0.25, 0.3) is 0 Å². The summed E-state index contributed by atoms with van der Waals surface area (Å²) in [7, 11) is -2.20. The number of ether oxygens (including phenoxy) is 1. The summed E-state index contributed by atoms with van der Waals surface area (Å²) in [4.78, 5) is 12.6. The summed E-state index contributed by atoms with van der Waals surface area (Å²) in [5, 5.41) is 2.55. The Balaban J connectivity index is 1.72. The molecule has 0 aliphatic carbocycles. The van der Waals surface area contributed by atoms with Crippen LogP contribution in [0.2, 0.25) is 0 Å². The second kappa shape index (κ2) is 8.06. The number of amides is 1. The van der Waals surface area contributed by atoms with Crippen LogP contribution < -0.4 is 10.1 Å². The van der Waals surface area contributed by atoms with E-state index in [0.717, 1.165) is 0 Å². The number of nitrogens with one attached hydrogen (secondary N) is 1. The number of para-hydroxylation sites is 1. The number of hydrogen-bond donors (Lipinski definition) is 1. The minimum atomic E-state index is -3.71. The van der Waals surface area contributed by atoms with E-state index in [9.17, 15) is 17.6 Å². The molecule has 1 unspecified atom stereocenters. The number of nitrogens with zero attached hydrogens (tertiary/aromatic N) is 1. The van der Waals surface area contributed by atoms with Gasteiger partial charge in [0.2, 0.25) is 15.9 Å². The maximum absolute atomic E-state index is 13.7. The molecular weight excluding hydrogens is 371 g/mol. The summed E-state index contributed by atoms with van der Waals surface area (Å²) in [6, 6.07) is 12.0. The lowest BCUT2D eigenvalue weighted by molar-refractivity contribution is -0.120. The van der Waals surface area contributed by atoms with Gasteiger partial charge in [-0.2, -0.15) is 4.31 Å². The molecule has 144 valence electrons. The van der Waals surface area contributed by atoms with Crippen molar-refractivity contribution in [2.75, 3.05) is 25.5 Å². The predicted octanol–water partition coefficient (Wildman–Crippen LogP) is 2.87. The number of piperidine rings is 1.